The van der Waals surface area contributed by atoms with Crippen molar-refractivity contribution in [2.75, 3.05) is 7.11 Å². The average molecular weight is 259 g/mol. The molecule has 0 aliphatic heterocycles. The number of methoxy groups -OCH3 is 1. The van der Waals surface area contributed by atoms with Crippen molar-refractivity contribution in [3.63, 3.8) is 0 Å². The van der Waals surface area contributed by atoms with Crippen LogP contribution in [0.1, 0.15) is 5.56 Å². The predicted molar refractivity (Wildman–Crippen MR) is 43.6 cm³/mol. The Bertz CT molecular complexity index is 227. The van der Waals surface area contributed by atoms with Crippen molar-refractivity contribution < 1.29 is 7.60 Å². The second-order valence-corrected chi connectivity index (χ2v) is 3.93. The van der Waals surface area contributed by atoms with Crippen LogP contribution in [0.4, 0.5) is 2.87 Å². The normalized spacial score (nSPS) is 9.64. The Hall–Kier alpha value is -0.251. The first-order valence-corrected chi connectivity index (χ1v) is 6.43. The molecule has 58 valence electrons. The van der Waals surface area contributed by atoms with Gasteiger partial charge in [-0.15, -0.1) is 0 Å². The maximum atomic E-state index is 12.0. The molecule has 0 amide bonds. The first kappa shape index (κ1) is 8.84. The number of hydrogen-bond acceptors (Lipinski definition) is 1. The van der Waals surface area contributed by atoms with E-state index in [4.69, 9.17) is 4.74 Å². The van der Waals surface area contributed by atoms with E-state index in [1.807, 2.05) is 24.3 Å². The SMILES string of the molecule is COc1cccc([CH2][Sn][F])c1. The first-order chi connectivity index (χ1) is 5.36. The number of hydrogen-bond donors (Lipinski definition) is 0. The summed E-state index contributed by atoms with van der Waals surface area (Å²) in [6.45, 7) is 0. The molecule has 0 N–H and O–H groups in total. The molecule has 11 heavy (non-hydrogen) atoms. The van der Waals surface area contributed by atoms with Gasteiger partial charge in [-0.25, -0.2) is 0 Å². The molecular formula is C8H9FOSn. The zero-order chi connectivity index (χ0) is 8.10. The van der Waals surface area contributed by atoms with E-state index in [2.05, 4.69) is 0 Å². The van der Waals surface area contributed by atoms with Crippen LogP contribution < -0.4 is 4.74 Å². The maximum absolute atomic E-state index is 12.0. The van der Waals surface area contributed by atoms with Gasteiger partial charge in [0, 0.05) is 0 Å². The number of halogens is 1. The summed E-state index contributed by atoms with van der Waals surface area (Å²) in [7, 11) is 1.62. The van der Waals surface area contributed by atoms with Gasteiger partial charge in [-0.1, -0.05) is 0 Å². The molecule has 0 saturated carbocycles. The molecule has 3 heteroatoms. The monoisotopic (exact) mass is 260 g/mol. The van der Waals surface area contributed by atoms with Gasteiger partial charge in [0.25, 0.3) is 0 Å². The van der Waals surface area contributed by atoms with Gasteiger partial charge in [0.05, 0.1) is 0 Å². The zero-order valence-electron chi connectivity index (χ0n) is 6.30. The number of rotatable bonds is 3. The molecule has 0 heterocycles. The summed E-state index contributed by atoms with van der Waals surface area (Å²) in [5.74, 6) is 0.815. The molecular weight excluding hydrogens is 250 g/mol. The summed E-state index contributed by atoms with van der Waals surface area (Å²) in [4.78, 5) is 0. The van der Waals surface area contributed by atoms with Crippen molar-refractivity contribution in [1.29, 1.82) is 0 Å². The molecule has 0 saturated heterocycles. The van der Waals surface area contributed by atoms with Gasteiger partial charge in [-0.05, 0) is 0 Å². The zero-order valence-corrected chi connectivity index (χ0v) is 9.16. The fraction of sp³-hybridized carbons (Fsp3) is 0.250. The molecule has 0 unspecified atom stereocenters. The van der Waals surface area contributed by atoms with Gasteiger partial charge < -0.3 is 0 Å². The molecule has 0 aliphatic carbocycles. The van der Waals surface area contributed by atoms with Crippen molar-refractivity contribution >= 4 is 21.7 Å². The van der Waals surface area contributed by atoms with Crippen molar-refractivity contribution in [3.8, 4) is 5.75 Å². The van der Waals surface area contributed by atoms with Crippen LogP contribution >= 0.6 is 0 Å². The molecule has 1 rings (SSSR count). The van der Waals surface area contributed by atoms with E-state index in [-0.39, 0.29) is 0 Å². The Morgan fingerprint density at radius 3 is 3.00 bits per heavy atom. The summed E-state index contributed by atoms with van der Waals surface area (Å²) in [5.41, 5.74) is 1.05. The molecule has 1 nitrogen and oxygen atoms in total. The Labute approximate surface area is 76.6 Å². The van der Waals surface area contributed by atoms with Gasteiger partial charge in [0.15, 0.2) is 0 Å². The molecule has 1 aromatic rings. The Balaban J connectivity index is 2.74. The summed E-state index contributed by atoms with van der Waals surface area (Å²) < 4.78 is 17.7. The third-order valence-corrected chi connectivity index (χ3v) is 2.95. The first-order valence-electron chi connectivity index (χ1n) is 3.33. The Morgan fingerprint density at radius 1 is 1.55 bits per heavy atom. The fourth-order valence-electron chi connectivity index (χ4n) is 0.860. The van der Waals surface area contributed by atoms with Crippen molar-refractivity contribution in [2.45, 2.75) is 4.44 Å². The molecule has 1 aromatic carbocycles. The minimum absolute atomic E-state index is 0.639. The van der Waals surface area contributed by atoms with Gasteiger partial charge in [-0.2, -0.15) is 0 Å². The van der Waals surface area contributed by atoms with E-state index >= 15 is 0 Å². The van der Waals surface area contributed by atoms with Crippen LogP contribution in [0, 0.1) is 0 Å². The molecule has 0 bridgehead atoms. The van der Waals surface area contributed by atoms with Gasteiger partial charge in [0.1, 0.15) is 0 Å². The molecule has 0 aromatic heterocycles. The summed E-state index contributed by atoms with van der Waals surface area (Å²) in [6.07, 6.45) is 0. The summed E-state index contributed by atoms with van der Waals surface area (Å²) in [5, 5.41) is 0. The fourth-order valence-corrected chi connectivity index (χ4v) is 1.93. The third kappa shape index (κ3) is 2.69. The molecule has 0 atom stereocenters. The van der Waals surface area contributed by atoms with Crippen LogP contribution in [0.15, 0.2) is 24.3 Å². The van der Waals surface area contributed by atoms with Gasteiger partial charge >= 0.3 is 76.4 Å². The average Bonchev–Trinajstić information content (AvgIpc) is 2.06. The van der Waals surface area contributed by atoms with E-state index in [0.717, 1.165) is 11.3 Å². The minimum atomic E-state index is -1.60. The number of ether oxygens (including phenoxy) is 1. The van der Waals surface area contributed by atoms with Gasteiger partial charge in [-0.3, -0.25) is 0 Å². The Morgan fingerprint density at radius 2 is 2.36 bits per heavy atom. The molecule has 0 spiro atoms. The van der Waals surface area contributed by atoms with Crippen LogP contribution in [0.3, 0.4) is 0 Å². The topological polar surface area (TPSA) is 9.23 Å². The summed E-state index contributed by atoms with van der Waals surface area (Å²) in [6, 6.07) is 7.58. The predicted octanol–water partition coefficient (Wildman–Crippen LogP) is 1.78. The van der Waals surface area contributed by atoms with Crippen LogP contribution in [0.5, 0.6) is 5.75 Å². The van der Waals surface area contributed by atoms with E-state index in [1.54, 1.807) is 7.11 Å². The Kier molecular flexibility index (Phi) is 3.69. The number of benzene rings is 1. The second-order valence-electron chi connectivity index (χ2n) is 2.16. The standard InChI is InChI=1S/C8H9O.FH.Sn/c1-7-4-3-5-8(6-7)9-2;;/h3-6H,1H2,2H3;1H;/q;;+1/p-1. The van der Waals surface area contributed by atoms with E-state index in [1.165, 1.54) is 0 Å². The molecule has 2 radical (unpaired) electrons. The van der Waals surface area contributed by atoms with Crippen LogP contribution in [-0.4, -0.2) is 28.8 Å². The quantitative estimate of drug-likeness (QED) is 0.752. The van der Waals surface area contributed by atoms with Crippen molar-refractivity contribution in [1.82, 2.24) is 0 Å². The van der Waals surface area contributed by atoms with Crippen LogP contribution in [0.25, 0.3) is 0 Å². The second kappa shape index (κ2) is 4.59. The summed E-state index contributed by atoms with van der Waals surface area (Å²) >= 11 is -1.60. The molecule has 0 fully saturated rings. The van der Waals surface area contributed by atoms with Crippen molar-refractivity contribution in [2.24, 2.45) is 0 Å². The van der Waals surface area contributed by atoms with Crippen LogP contribution in [-0.2, 0) is 4.44 Å². The van der Waals surface area contributed by atoms with Crippen LogP contribution in [0.2, 0.25) is 0 Å². The molecule has 0 aliphatic rings. The van der Waals surface area contributed by atoms with Crippen molar-refractivity contribution in [3.05, 3.63) is 29.8 Å². The van der Waals surface area contributed by atoms with E-state index in [0.29, 0.717) is 4.44 Å². The third-order valence-electron chi connectivity index (χ3n) is 1.41. The van der Waals surface area contributed by atoms with E-state index < -0.39 is 21.7 Å². The van der Waals surface area contributed by atoms with E-state index in [9.17, 15) is 2.87 Å². The van der Waals surface area contributed by atoms with Gasteiger partial charge in [0.2, 0.25) is 0 Å².